The molecule has 0 aliphatic rings. The fraction of sp³-hybridized carbons (Fsp3) is 0. The third-order valence-corrected chi connectivity index (χ3v) is 4.34. The van der Waals surface area contributed by atoms with E-state index in [2.05, 4.69) is 54.7 Å². The minimum Gasteiger partial charge on any atom is -0.368 e. The zero-order valence-electron chi connectivity index (χ0n) is 13.7. The molecule has 0 atom stereocenters. The molecule has 3 aromatic heterocycles. The smallest absolute Gasteiger partial charge is 0.221 e. The van der Waals surface area contributed by atoms with Crippen molar-refractivity contribution in [3.05, 3.63) is 60.9 Å². The largest absolute Gasteiger partial charge is 0.368 e. The molecule has 126 valence electrons. The van der Waals surface area contributed by atoms with Crippen molar-refractivity contribution in [3.8, 4) is 11.3 Å². The van der Waals surface area contributed by atoms with Crippen molar-refractivity contribution in [2.24, 2.45) is 0 Å². The first-order chi connectivity index (χ1) is 12.8. The molecule has 5 aromatic rings. The molecule has 3 heterocycles. The second-order valence-corrected chi connectivity index (χ2v) is 6.04. The van der Waals surface area contributed by atoms with E-state index in [0.29, 0.717) is 5.82 Å². The minimum absolute atomic E-state index is 0.236. The zero-order valence-corrected chi connectivity index (χ0v) is 13.7. The molecule has 0 fully saturated rings. The summed E-state index contributed by atoms with van der Waals surface area (Å²) in [5.74, 6) is 0.885. The van der Waals surface area contributed by atoms with E-state index in [-0.39, 0.29) is 5.95 Å². The van der Waals surface area contributed by atoms with Crippen LogP contribution >= 0.6 is 0 Å². The molecule has 2 aromatic carbocycles. The van der Waals surface area contributed by atoms with Gasteiger partial charge in [0.15, 0.2) is 0 Å². The molecule has 0 aliphatic heterocycles. The van der Waals surface area contributed by atoms with Crippen LogP contribution in [0.2, 0.25) is 0 Å². The summed E-state index contributed by atoms with van der Waals surface area (Å²) in [6.45, 7) is 0. The molecule has 5 rings (SSSR count). The minimum atomic E-state index is 0.236. The van der Waals surface area contributed by atoms with E-state index in [1.807, 2.05) is 24.4 Å². The number of nitrogens with one attached hydrogen (secondary N) is 3. The average molecular weight is 341 g/mol. The van der Waals surface area contributed by atoms with Crippen LogP contribution in [-0.2, 0) is 0 Å². The number of fused-ring (bicyclic) bond motifs is 2. The lowest BCUT2D eigenvalue weighted by molar-refractivity contribution is 1.12. The molecule has 0 radical (unpaired) electrons. The molecular formula is C19H15N7. The van der Waals surface area contributed by atoms with Gasteiger partial charge in [-0.2, -0.15) is 10.1 Å². The first-order valence-corrected chi connectivity index (χ1v) is 8.17. The van der Waals surface area contributed by atoms with Gasteiger partial charge in [-0.25, -0.2) is 4.98 Å². The predicted molar refractivity (Wildman–Crippen MR) is 103 cm³/mol. The summed E-state index contributed by atoms with van der Waals surface area (Å²) in [5, 5.41) is 13.1. The van der Waals surface area contributed by atoms with Crippen LogP contribution in [0.5, 0.6) is 0 Å². The van der Waals surface area contributed by atoms with E-state index < -0.39 is 0 Å². The molecule has 0 saturated heterocycles. The second kappa shape index (κ2) is 5.59. The summed E-state index contributed by atoms with van der Waals surface area (Å²) in [4.78, 5) is 11.3. The lowest BCUT2D eigenvalue weighted by Gasteiger charge is -2.06. The van der Waals surface area contributed by atoms with Gasteiger partial charge in [-0.15, -0.1) is 0 Å². The predicted octanol–water partition coefficient (Wildman–Crippen LogP) is 3.83. The van der Waals surface area contributed by atoms with E-state index in [1.165, 1.54) is 0 Å². The number of hydrogen-bond donors (Lipinski definition) is 4. The van der Waals surface area contributed by atoms with Gasteiger partial charge < -0.3 is 16.0 Å². The van der Waals surface area contributed by atoms with Gasteiger partial charge in [0.05, 0.1) is 11.2 Å². The summed E-state index contributed by atoms with van der Waals surface area (Å²) < 4.78 is 0. The topological polar surface area (TPSA) is 108 Å². The van der Waals surface area contributed by atoms with Crippen LogP contribution in [0.1, 0.15) is 0 Å². The highest BCUT2D eigenvalue weighted by Gasteiger charge is 2.10. The van der Waals surface area contributed by atoms with Gasteiger partial charge in [0.25, 0.3) is 0 Å². The highest BCUT2D eigenvalue weighted by Crippen LogP contribution is 2.31. The lowest BCUT2D eigenvalue weighted by atomic mass is 10.1. The van der Waals surface area contributed by atoms with Crippen molar-refractivity contribution in [1.29, 1.82) is 0 Å². The first-order valence-electron chi connectivity index (χ1n) is 8.17. The Labute approximate surface area is 148 Å². The van der Waals surface area contributed by atoms with Crippen LogP contribution < -0.4 is 11.1 Å². The van der Waals surface area contributed by atoms with E-state index >= 15 is 0 Å². The third kappa shape index (κ3) is 2.42. The lowest BCUT2D eigenvalue weighted by Crippen LogP contribution is -1.98. The van der Waals surface area contributed by atoms with Gasteiger partial charge in [-0.05, 0) is 42.5 Å². The maximum atomic E-state index is 5.64. The van der Waals surface area contributed by atoms with Crippen LogP contribution in [0.25, 0.3) is 33.1 Å². The monoisotopic (exact) mass is 341 g/mol. The van der Waals surface area contributed by atoms with Crippen LogP contribution in [0.15, 0.2) is 60.9 Å². The number of aromatic nitrogens is 5. The summed E-state index contributed by atoms with van der Waals surface area (Å²) in [6, 6.07) is 16.1. The number of nitrogen functional groups attached to an aromatic ring is 1. The van der Waals surface area contributed by atoms with E-state index in [4.69, 9.17) is 5.73 Å². The van der Waals surface area contributed by atoms with E-state index in [1.54, 1.807) is 12.3 Å². The molecule has 7 heteroatoms. The zero-order chi connectivity index (χ0) is 17.5. The van der Waals surface area contributed by atoms with Crippen LogP contribution in [-0.4, -0.2) is 25.1 Å². The summed E-state index contributed by atoms with van der Waals surface area (Å²) >= 11 is 0. The molecule has 5 N–H and O–H groups in total. The fourth-order valence-corrected chi connectivity index (χ4v) is 3.10. The normalized spacial score (nSPS) is 11.2. The van der Waals surface area contributed by atoms with Crippen molar-refractivity contribution >= 4 is 39.3 Å². The third-order valence-electron chi connectivity index (χ3n) is 4.34. The highest BCUT2D eigenvalue weighted by atomic mass is 15.1. The van der Waals surface area contributed by atoms with Crippen molar-refractivity contribution in [2.75, 3.05) is 11.1 Å². The van der Waals surface area contributed by atoms with Crippen molar-refractivity contribution in [1.82, 2.24) is 25.1 Å². The van der Waals surface area contributed by atoms with E-state index in [9.17, 15) is 0 Å². The Kier molecular flexibility index (Phi) is 3.11. The SMILES string of the molecule is Nc1nccc(Nc2ccc3[nH]nc(-c4ccc5[nH]ccc5c4)c3c2)n1. The molecule has 0 bridgehead atoms. The molecule has 7 nitrogen and oxygen atoms in total. The standard InChI is InChI=1S/C19H15N7/c20-19-22-8-6-17(24-19)23-13-2-4-16-14(10-13)18(26-25-16)12-1-3-15-11(9-12)5-7-21-15/h1-10,21H,(H,25,26)(H3,20,22,23,24). The number of nitrogens with two attached hydrogens (primary N) is 1. The average Bonchev–Trinajstić information content (AvgIpc) is 3.27. The Balaban J connectivity index is 1.58. The second-order valence-electron chi connectivity index (χ2n) is 6.04. The number of hydrogen-bond acceptors (Lipinski definition) is 5. The quantitative estimate of drug-likeness (QED) is 0.399. The summed E-state index contributed by atoms with van der Waals surface area (Å²) in [7, 11) is 0. The van der Waals surface area contributed by atoms with Gasteiger partial charge in [0.1, 0.15) is 5.82 Å². The van der Waals surface area contributed by atoms with Crippen molar-refractivity contribution in [2.45, 2.75) is 0 Å². The maximum absolute atomic E-state index is 5.64. The molecule has 0 saturated carbocycles. The number of aromatic amines is 2. The van der Waals surface area contributed by atoms with Crippen LogP contribution in [0, 0.1) is 0 Å². The number of nitrogens with zero attached hydrogens (tertiary/aromatic N) is 3. The molecular weight excluding hydrogens is 326 g/mol. The van der Waals surface area contributed by atoms with Gasteiger partial charge in [-0.3, -0.25) is 5.10 Å². The number of H-pyrrole nitrogens is 2. The first kappa shape index (κ1) is 14.5. The Morgan fingerprint density at radius 3 is 2.81 bits per heavy atom. The van der Waals surface area contributed by atoms with Gasteiger partial charge in [-0.1, -0.05) is 6.07 Å². The van der Waals surface area contributed by atoms with Crippen molar-refractivity contribution < 1.29 is 0 Å². The molecule has 26 heavy (non-hydrogen) atoms. The van der Waals surface area contributed by atoms with E-state index in [0.717, 1.165) is 38.8 Å². The molecule has 0 aliphatic carbocycles. The molecule has 0 amide bonds. The van der Waals surface area contributed by atoms with Crippen LogP contribution in [0.3, 0.4) is 0 Å². The molecule has 0 unspecified atom stereocenters. The van der Waals surface area contributed by atoms with Gasteiger partial charge >= 0.3 is 0 Å². The maximum Gasteiger partial charge on any atom is 0.221 e. The highest BCUT2D eigenvalue weighted by molar-refractivity contribution is 5.97. The number of anilines is 3. The summed E-state index contributed by atoms with van der Waals surface area (Å²) in [6.07, 6.45) is 3.56. The summed E-state index contributed by atoms with van der Waals surface area (Å²) in [5.41, 5.74) is 10.6. The fourth-order valence-electron chi connectivity index (χ4n) is 3.10. The van der Waals surface area contributed by atoms with Crippen molar-refractivity contribution in [3.63, 3.8) is 0 Å². The van der Waals surface area contributed by atoms with Crippen LogP contribution in [0.4, 0.5) is 17.5 Å². The Bertz CT molecular complexity index is 1240. The Hall–Kier alpha value is -3.87. The Morgan fingerprint density at radius 2 is 1.88 bits per heavy atom. The number of rotatable bonds is 3. The van der Waals surface area contributed by atoms with Gasteiger partial charge in [0, 0.05) is 39.9 Å². The Morgan fingerprint density at radius 1 is 0.962 bits per heavy atom. The van der Waals surface area contributed by atoms with Gasteiger partial charge in [0.2, 0.25) is 5.95 Å². The number of benzene rings is 2. The molecule has 0 spiro atoms.